The quantitative estimate of drug-likeness (QED) is 0.0392. The van der Waals surface area contributed by atoms with Crippen molar-refractivity contribution >= 4 is 58.2 Å². The highest BCUT2D eigenvalue weighted by atomic mass is 35.5. The van der Waals surface area contributed by atoms with E-state index in [1.165, 1.54) is 17.3 Å². The molecule has 0 radical (unpaired) electrons. The second-order valence-electron chi connectivity index (χ2n) is 18.6. The minimum Gasteiger partial charge on any atom is -0.391 e. The Hall–Kier alpha value is -6.67. The number of carbonyl (C=O) groups excluding carboxylic acids is 4. The summed E-state index contributed by atoms with van der Waals surface area (Å²) < 4.78 is 16.8. The molecule has 73 heavy (non-hydrogen) atoms. The number of nitrogens with one attached hydrogen (secondary N) is 4. The largest absolute Gasteiger partial charge is 0.391 e. The van der Waals surface area contributed by atoms with Crippen molar-refractivity contribution < 1.29 is 38.5 Å². The summed E-state index contributed by atoms with van der Waals surface area (Å²) in [7, 11) is 0. The van der Waals surface area contributed by atoms with Crippen molar-refractivity contribution in [3.63, 3.8) is 0 Å². The Labute approximate surface area is 434 Å². The molecule has 17 nitrogen and oxygen atoms in total. The number of benzene rings is 3. The molecule has 0 aliphatic carbocycles. The first-order valence-electron chi connectivity index (χ1n) is 24.1. The van der Waals surface area contributed by atoms with E-state index in [0.29, 0.717) is 41.1 Å². The van der Waals surface area contributed by atoms with Crippen LogP contribution in [0.15, 0.2) is 109 Å². The summed E-state index contributed by atoms with van der Waals surface area (Å²) >= 11 is 8.10. The fraction of sp³-hybridized carbons (Fsp3) is 0.370. The van der Waals surface area contributed by atoms with Gasteiger partial charge in [0.15, 0.2) is 0 Å². The predicted molar refractivity (Wildman–Crippen MR) is 281 cm³/mol. The average molecular weight is 1030 g/mol. The first-order valence-corrected chi connectivity index (χ1v) is 25.4. The van der Waals surface area contributed by atoms with Gasteiger partial charge < -0.3 is 45.5 Å². The van der Waals surface area contributed by atoms with Crippen LogP contribution in [0.4, 0.5) is 11.6 Å². The van der Waals surface area contributed by atoms with Crippen molar-refractivity contribution in [2.75, 3.05) is 58.0 Å². The lowest BCUT2D eigenvalue weighted by Gasteiger charge is -2.35. The number of hydrogen-bond donors (Lipinski definition) is 5. The molecule has 7 rings (SSSR count). The fourth-order valence-electron chi connectivity index (χ4n) is 8.16. The zero-order chi connectivity index (χ0) is 51.9. The Morgan fingerprint density at radius 1 is 0.822 bits per heavy atom. The van der Waals surface area contributed by atoms with Crippen LogP contribution in [0.1, 0.15) is 68.2 Å². The third-order valence-corrected chi connectivity index (χ3v) is 13.3. The van der Waals surface area contributed by atoms with Gasteiger partial charge in [0, 0.05) is 37.7 Å². The average Bonchev–Trinajstić information content (AvgIpc) is 4.01. The van der Waals surface area contributed by atoms with Crippen LogP contribution in [-0.2, 0) is 28.6 Å². The van der Waals surface area contributed by atoms with Crippen LogP contribution in [0.25, 0.3) is 32.8 Å². The van der Waals surface area contributed by atoms with Crippen LogP contribution in [0.3, 0.4) is 0 Å². The van der Waals surface area contributed by atoms with Crippen molar-refractivity contribution in [1.82, 2.24) is 40.8 Å². The Morgan fingerprint density at radius 2 is 1.52 bits per heavy atom. The number of anilines is 2. The first kappa shape index (κ1) is 54.1. The molecular weight excluding hydrogens is 970 g/mol. The van der Waals surface area contributed by atoms with Gasteiger partial charge in [-0.3, -0.25) is 24.2 Å². The maximum absolute atomic E-state index is 14.0. The van der Waals surface area contributed by atoms with Crippen molar-refractivity contribution in [3.05, 3.63) is 131 Å². The van der Waals surface area contributed by atoms with E-state index >= 15 is 0 Å². The van der Waals surface area contributed by atoms with E-state index in [9.17, 15) is 24.3 Å². The van der Waals surface area contributed by atoms with Gasteiger partial charge in [-0.05, 0) is 53.6 Å². The topological polar surface area (TPSA) is 219 Å². The fourth-order valence-corrected chi connectivity index (χ4v) is 9.17. The Bertz CT molecular complexity index is 2810. The Balaban J connectivity index is 0.762. The highest BCUT2D eigenvalue weighted by molar-refractivity contribution is 7.13. The van der Waals surface area contributed by atoms with Gasteiger partial charge in [0.1, 0.15) is 12.1 Å². The number of pyridine rings is 1. The molecule has 0 spiro atoms. The molecule has 0 unspecified atom stereocenters. The number of rotatable bonds is 23. The molecule has 3 aromatic carbocycles. The lowest BCUT2D eigenvalue weighted by molar-refractivity contribution is -0.144. The van der Waals surface area contributed by atoms with Gasteiger partial charge in [0.05, 0.1) is 102 Å². The van der Waals surface area contributed by atoms with Crippen LogP contribution in [0.5, 0.6) is 0 Å². The number of aliphatic hydroxyl groups excluding tert-OH is 1. The summed E-state index contributed by atoms with van der Waals surface area (Å²) in [5.41, 5.74) is 8.35. The highest BCUT2D eigenvalue weighted by Gasteiger charge is 2.44. The normalized spacial score (nSPS) is 15.4. The summed E-state index contributed by atoms with van der Waals surface area (Å²) in [5.74, 6) is -1.24. The summed E-state index contributed by atoms with van der Waals surface area (Å²) in [5, 5.41) is 22.8. The number of amides is 4. The van der Waals surface area contributed by atoms with Crippen LogP contribution >= 0.6 is 22.9 Å². The third kappa shape index (κ3) is 15.2. The molecule has 4 heterocycles. The van der Waals surface area contributed by atoms with E-state index in [1.54, 1.807) is 23.6 Å². The van der Waals surface area contributed by atoms with Gasteiger partial charge in [0.2, 0.25) is 23.7 Å². The van der Waals surface area contributed by atoms with E-state index in [0.717, 1.165) is 38.4 Å². The van der Waals surface area contributed by atoms with Gasteiger partial charge in [-0.1, -0.05) is 105 Å². The summed E-state index contributed by atoms with van der Waals surface area (Å²) in [6, 6.07) is 25.3. The zero-order valence-corrected chi connectivity index (χ0v) is 43.2. The third-order valence-electron chi connectivity index (χ3n) is 12.1. The van der Waals surface area contributed by atoms with Gasteiger partial charge in [-0.15, -0.1) is 11.3 Å². The van der Waals surface area contributed by atoms with Gasteiger partial charge >= 0.3 is 0 Å². The SMILES string of the molecule is Cc1ncsc1-c1ccc([C@H](C)NC(=O)[C@@H]2C[C@@H](O)CN2C(=O)[C@@H](NC(=O)CCOCCOCCOCCNC(=O)c2cncc(Nc3ncc(Cl)c(-c4cccc(-c5ccccc5)c4)n3)c2)C(C)(C)C)cc1. The standard InChI is InChI=1S/C54H62ClN9O8S/c1-34(36-14-16-38(17-15-36)48-35(2)59-33-73-48)60-51(68)45-28-43(65)32-64(45)52(69)49(54(3,4)5)62-46(66)18-20-70-22-24-72-25-23-71-21-19-57-50(67)41-27-42(30-56-29-41)61-53-58-31-44(55)47(63-53)40-13-9-12-39(26-40)37-10-7-6-8-11-37/h6-17,26-27,29-31,33-34,43,45,49,65H,18-25,28,32H2,1-5H3,(H,57,67)(H,60,68)(H,62,66)(H,58,61,63)/t34-,43+,45-,49+/m0/s1. The van der Waals surface area contributed by atoms with E-state index in [4.69, 9.17) is 25.8 Å². The monoisotopic (exact) mass is 1030 g/mol. The second kappa shape index (κ2) is 25.8. The molecule has 19 heteroatoms. The number of aryl methyl sites for hydroxylation is 1. The Kier molecular flexibility index (Phi) is 19.1. The summed E-state index contributed by atoms with van der Waals surface area (Å²) in [6.45, 7) is 11.0. The zero-order valence-electron chi connectivity index (χ0n) is 41.6. The minimum atomic E-state index is -0.954. The molecule has 1 aliphatic rings. The molecule has 0 bridgehead atoms. The van der Waals surface area contributed by atoms with Gasteiger partial charge in [-0.25, -0.2) is 15.0 Å². The number of aliphatic hydroxyl groups is 1. The smallest absolute Gasteiger partial charge is 0.253 e. The number of ether oxygens (including phenoxy) is 3. The van der Waals surface area contributed by atoms with Crippen molar-refractivity contribution in [3.8, 4) is 32.8 Å². The van der Waals surface area contributed by atoms with Crippen molar-refractivity contribution in [2.24, 2.45) is 5.41 Å². The van der Waals surface area contributed by atoms with E-state index in [2.05, 4.69) is 41.2 Å². The maximum atomic E-state index is 14.0. The van der Waals surface area contributed by atoms with E-state index in [-0.39, 0.29) is 76.1 Å². The molecule has 5 N–H and O–H groups in total. The molecule has 4 amide bonds. The predicted octanol–water partition coefficient (Wildman–Crippen LogP) is 7.57. The summed E-state index contributed by atoms with van der Waals surface area (Å²) in [4.78, 5) is 73.7. The number of nitrogens with zero attached hydrogens (tertiary/aromatic N) is 5. The number of carbonyl (C=O) groups is 4. The van der Waals surface area contributed by atoms with Crippen LogP contribution < -0.4 is 21.3 Å². The van der Waals surface area contributed by atoms with Gasteiger partial charge in [-0.2, -0.15) is 0 Å². The molecule has 4 atom stereocenters. The number of aromatic nitrogens is 4. The molecule has 1 saturated heterocycles. The van der Waals surface area contributed by atoms with Crippen molar-refractivity contribution in [1.29, 1.82) is 0 Å². The van der Waals surface area contributed by atoms with Crippen LogP contribution in [0, 0.1) is 12.3 Å². The van der Waals surface area contributed by atoms with E-state index < -0.39 is 29.5 Å². The number of likely N-dealkylation sites (tertiary alicyclic amines) is 1. The lowest BCUT2D eigenvalue weighted by Crippen LogP contribution is -2.58. The highest BCUT2D eigenvalue weighted by Crippen LogP contribution is 2.32. The molecule has 0 saturated carbocycles. The molecule has 1 fully saturated rings. The minimum absolute atomic E-state index is 0.000120. The lowest BCUT2D eigenvalue weighted by atomic mass is 9.85. The summed E-state index contributed by atoms with van der Waals surface area (Å²) in [6.07, 6.45) is 3.77. The second-order valence-corrected chi connectivity index (χ2v) is 19.9. The number of thiazole rings is 1. The number of β-amino-alcohol motifs (C(OH)–C–C–N with tert-alkyl or cyclic N) is 1. The maximum Gasteiger partial charge on any atom is 0.253 e. The van der Waals surface area contributed by atoms with Crippen molar-refractivity contribution in [2.45, 2.75) is 71.7 Å². The Morgan fingerprint density at radius 3 is 2.23 bits per heavy atom. The van der Waals surface area contributed by atoms with E-state index in [1.807, 2.05) is 119 Å². The molecule has 1 aliphatic heterocycles. The van der Waals surface area contributed by atoms with Gasteiger partial charge in [0.25, 0.3) is 5.91 Å². The van der Waals surface area contributed by atoms with Crippen LogP contribution in [0.2, 0.25) is 5.02 Å². The number of hydrogen-bond acceptors (Lipinski definition) is 14. The number of halogens is 1. The molecular formula is C54H62ClN9O8S. The van der Waals surface area contributed by atoms with Crippen LogP contribution in [-0.4, -0.2) is 124 Å². The molecule has 6 aromatic rings. The first-order chi connectivity index (χ1) is 35.1. The molecule has 384 valence electrons. The molecule has 3 aromatic heterocycles.